The number of pyridine rings is 1. The summed E-state index contributed by atoms with van der Waals surface area (Å²) < 4.78 is 5.90. The molecule has 0 spiro atoms. The van der Waals surface area contributed by atoms with Gasteiger partial charge in [0.05, 0.1) is 6.20 Å². The summed E-state index contributed by atoms with van der Waals surface area (Å²) in [6.07, 6.45) is 3.25. The van der Waals surface area contributed by atoms with Crippen LogP contribution in [0.3, 0.4) is 0 Å². The fourth-order valence-corrected chi connectivity index (χ4v) is 1.18. The maximum atomic E-state index is 5.34. The molecule has 0 amide bonds. The molecule has 0 fully saturated rings. The zero-order valence-corrected chi connectivity index (χ0v) is 8.15. The molecule has 66 valence electrons. The van der Waals surface area contributed by atoms with Gasteiger partial charge in [0.15, 0.2) is 5.76 Å². The van der Waals surface area contributed by atoms with E-state index in [2.05, 4.69) is 25.9 Å². The average Bonchev–Trinajstić information content (AvgIpc) is 2.53. The third kappa shape index (κ3) is 1.70. The zero-order chi connectivity index (χ0) is 9.26. The molecule has 0 unspecified atom stereocenters. The van der Waals surface area contributed by atoms with Crippen molar-refractivity contribution in [2.75, 3.05) is 5.73 Å². The van der Waals surface area contributed by atoms with Gasteiger partial charge in [-0.15, -0.1) is 0 Å². The molecule has 4 nitrogen and oxygen atoms in total. The van der Waals surface area contributed by atoms with E-state index in [9.17, 15) is 0 Å². The van der Waals surface area contributed by atoms with Crippen molar-refractivity contribution in [2.24, 2.45) is 0 Å². The van der Waals surface area contributed by atoms with Gasteiger partial charge in [0.1, 0.15) is 4.60 Å². The number of rotatable bonds is 1. The summed E-state index contributed by atoms with van der Waals surface area (Å²) in [4.78, 5) is 7.84. The van der Waals surface area contributed by atoms with Crippen molar-refractivity contribution in [3.63, 3.8) is 0 Å². The Balaban J connectivity index is 2.41. The summed E-state index contributed by atoms with van der Waals surface area (Å²) in [5.41, 5.74) is 6.19. The lowest BCUT2D eigenvalue weighted by atomic mass is 10.2. The maximum Gasteiger partial charge on any atom is 0.292 e. The highest BCUT2D eigenvalue weighted by Crippen LogP contribution is 2.21. The Morgan fingerprint density at radius 1 is 1.23 bits per heavy atom. The van der Waals surface area contributed by atoms with Gasteiger partial charge in [-0.1, -0.05) is 0 Å². The zero-order valence-electron chi connectivity index (χ0n) is 6.57. The highest BCUT2D eigenvalue weighted by Gasteiger charge is 2.03. The average molecular weight is 240 g/mol. The molecule has 13 heavy (non-hydrogen) atoms. The standard InChI is InChI=1S/C8H6BrN3O/c9-7-2-1-5(3-11-7)6-4-12-8(10)13-6/h1-4H,(H2,10,12). The van der Waals surface area contributed by atoms with Gasteiger partial charge in [-0.2, -0.15) is 0 Å². The number of aromatic nitrogens is 2. The molecular weight excluding hydrogens is 234 g/mol. The van der Waals surface area contributed by atoms with Crippen molar-refractivity contribution < 1.29 is 4.42 Å². The Kier molecular flexibility index (Phi) is 2.02. The van der Waals surface area contributed by atoms with Crippen molar-refractivity contribution in [1.29, 1.82) is 0 Å². The van der Waals surface area contributed by atoms with Gasteiger partial charge in [-0.05, 0) is 28.1 Å². The van der Waals surface area contributed by atoms with Crippen molar-refractivity contribution in [3.05, 3.63) is 29.1 Å². The van der Waals surface area contributed by atoms with Crippen molar-refractivity contribution >= 4 is 21.9 Å². The highest BCUT2D eigenvalue weighted by atomic mass is 79.9. The minimum atomic E-state index is 0.165. The second-order valence-electron chi connectivity index (χ2n) is 2.43. The third-order valence-corrected chi connectivity index (χ3v) is 2.00. The molecule has 5 heteroatoms. The van der Waals surface area contributed by atoms with Crippen LogP contribution in [0, 0.1) is 0 Å². The molecular formula is C8H6BrN3O. The molecule has 2 aromatic heterocycles. The van der Waals surface area contributed by atoms with Crippen LogP contribution >= 0.6 is 15.9 Å². The van der Waals surface area contributed by atoms with Crippen LogP contribution in [0.15, 0.2) is 33.5 Å². The molecule has 0 aliphatic rings. The molecule has 2 heterocycles. The number of anilines is 1. The van der Waals surface area contributed by atoms with Crippen LogP contribution < -0.4 is 5.73 Å². The Hall–Kier alpha value is -1.36. The first-order valence-corrected chi connectivity index (χ1v) is 4.38. The third-order valence-electron chi connectivity index (χ3n) is 1.54. The number of hydrogen-bond donors (Lipinski definition) is 1. The van der Waals surface area contributed by atoms with E-state index >= 15 is 0 Å². The topological polar surface area (TPSA) is 64.9 Å². The lowest BCUT2D eigenvalue weighted by molar-refractivity contribution is 0.594. The summed E-state index contributed by atoms with van der Waals surface area (Å²) in [5, 5.41) is 0. The maximum absolute atomic E-state index is 5.34. The van der Waals surface area contributed by atoms with Crippen LogP contribution in [0.5, 0.6) is 0 Å². The van der Waals surface area contributed by atoms with Crippen LogP contribution in [0.1, 0.15) is 0 Å². The van der Waals surface area contributed by atoms with Gasteiger partial charge in [-0.3, -0.25) is 0 Å². The molecule has 0 atom stereocenters. The van der Waals surface area contributed by atoms with Gasteiger partial charge in [-0.25, -0.2) is 9.97 Å². The van der Waals surface area contributed by atoms with E-state index in [0.29, 0.717) is 5.76 Å². The molecule has 2 rings (SSSR count). The van der Waals surface area contributed by atoms with E-state index in [1.165, 1.54) is 0 Å². The molecule has 0 aliphatic carbocycles. The van der Waals surface area contributed by atoms with Crippen LogP contribution in [0.4, 0.5) is 6.01 Å². The second kappa shape index (κ2) is 3.18. The lowest BCUT2D eigenvalue weighted by Gasteiger charge is -1.94. The lowest BCUT2D eigenvalue weighted by Crippen LogP contribution is -1.80. The number of nitrogen functional groups attached to an aromatic ring is 1. The van der Waals surface area contributed by atoms with E-state index in [0.717, 1.165) is 10.2 Å². The minimum Gasteiger partial charge on any atom is -0.424 e. The molecule has 0 saturated heterocycles. The van der Waals surface area contributed by atoms with E-state index in [-0.39, 0.29) is 6.01 Å². The van der Waals surface area contributed by atoms with Crippen molar-refractivity contribution in [2.45, 2.75) is 0 Å². The smallest absolute Gasteiger partial charge is 0.292 e. The quantitative estimate of drug-likeness (QED) is 0.775. The summed E-state index contributed by atoms with van der Waals surface area (Å²) >= 11 is 3.24. The monoisotopic (exact) mass is 239 g/mol. The largest absolute Gasteiger partial charge is 0.424 e. The SMILES string of the molecule is Nc1ncc(-c2ccc(Br)nc2)o1. The number of oxazole rings is 1. The summed E-state index contributed by atoms with van der Waals surface area (Å²) in [6.45, 7) is 0. The predicted molar refractivity (Wildman–Crippen MR) is 51.8 cm³/mol. The number of nitrogens with two attached hydrogens (primary N) is 1. The van der Waals surface area contributed by atoms with Gasteiger partial charge >= 0.3 is 0 Å². The summed E-state index contributed by atoms with van der Waals surface area (Å²) in [6, 6.07) is 3.86. The summed E-state index contributed by atoms with van der Waals surface area (Å²) in [5.74, 6) is 0.623. The first-order chi connectivity index (χ1) is 6.25. The Morgan fingerprint density at radius 3 is 2.62 bits per heavy atom. The Morgan fingerprint density at radius 2 is 2.08 bits per heavy atom. The van der Waals surface area contributed by atoms with E-state index in [1.54, 1.807) is 12.4 Å². The van der Waals surface area contributed by atoms with Crippen LogP contribution in [-0.2, 0) is 0 Å². The fraction of sp³-hybridized carbons (Fsp3) is 0. The number of nitrogens with zero attached hydrogens (tertiary/aromatic N) is 2. The van der Waals surface area contributed by atoms with Crippen molar-refractivity contribution in [3.8, 4) is 11.3 Å². The van der Waals surface area contributed by atoms with Gasteiger partial charge in [0.25, 0.3) is 6.01 Å². The Bertz CT molecular complexity index is 410. The first-order valence-electron chi connectivity index (χ1n) is 3.59. The van der Waals surface area contributed by atoms with E-state index < -0.39 is 0 Å². The minimum absolute atomic E-state index is 0.165. The molecule has 2 aromatic rings. The Labute approximate surface area is 82.9 Å². The van der Waals surface area contributed by atoms with Crippen LogP contribution in [0.25, 0.3) is 11.3 Å². The first kappa shape index (κ1) is 8.25. The summed E-state index contributed by atoms with van der Waals surface area (Å²) in [7, 11) is 0. The number of halogens is 1. The molecule has 0 radical (unpaired) electrons. The normalized spacial score (nSPS) is 10.2. The number of hydrogen-bond acceptors (Lipinski definition) is 4. The molecule has 0 aliphatic heterocycles. The van der Waals surface area contributed by atoms with Gasteiger partial charge in [0, 0.05) is 11.8 Å². The molecule has 0 aromatic carbocycles. The van der Waals surface area contributed by atoms with Crippen LogP contribution in [-0.4, -0.2) is 9.97 Å². The van der Waals surface area contributed by atoms with Gasteiger partial charge < -0.3 is 10.2 Å². The predicted octanol–water partition coefficient (Wildman–Crippen LogP) is 2.08. The fourth-order valence-electron chi connectivity index (χ4n) is 0.943. The van der Waals surface area contributed by atoms with E-state index in [1.807, 2.05) is 12.1 Å². The molecule has 0 saturated carbocycles. The molecule has 2 N–H and O–H groups in total. The van der Waals surface area contributed by atoms with Crippen molar-refractivity contribution in [1.82, 2.24) is 9.97 Å². The molecule has 0 bridgehead atoms. The van der Waals surface area contributed by atoms with Crippen LogP contribution in [0.2, 0.25) is 0 Å². The van der Waals surface area contributed by atoms with E-state index in [4.69, 9.17) is 10.2 Å². The van der Waals surface area contributed by atoms with Gasteiger partial charge in [0.2, 0.25) is 0 Å². The second-order valence-corrected chi connectivity index (χ2v) is 3.24. The highest BCUT2D eigenvalue weighted by molar-refractivity contribution is 9.10.